The molecule has 1 fully saturated rings. The Morgan fingerprint density at radius 1 is 1.29 bits per heavy atom. The average Bonchev–Trinajstić information content (AvgIpc) is 2.96. The third-order valence-electron chi connectivity index (χ3n) is 3.91. The Labute approximate surface area is 124 Å². The van der Waals surface area contributed by atoms with Crippen LogP contribution in [0.3, 0.4) is 0 Å². The SMILES string of the molecule is Cc1ccccc1-c1cncn1CC(=O)N1CCNCC1. The Bertz CT molecular complexity index is 629. The summed E-state index contributed by atoms with van der Waals surface area (Å²) in [4.78, 5) is 18.5. The normalized spacial score (nSPS) is 15.2. The predicted octanol–water partition coefficient (Wildman–Crippen LogP) is 1.29. The molecule has 2 aromatic rings. The maximum Gasteiger partial charge on any atom is 0.242 e. The second kappa shape index (κ2) is 6.10. The van der Waals surface area contributed by atoms with Gasteiger partial charge in [0.15, 0.2) is 0 Å². The fraction of sp³-hybridized carbons (Fsp3) is 0.375. The second-order valence-electron chi connectivity index (χ2n) is 5.35. The van der Waals surface area contributed by atoms with E-state index in [2.05, 4.69) is 29.4 Å². The Hall–Kier alpha value is -2.14. The first kappa shape index (κ1) is 13.8. The van der Waals surface area contributed by atoms with Crippen LogP contribution in [-0.2, 0) is 11.3 Å². The van der Waals surface area contributed by atoms with Crippen molar-refractivity contribution >= 4 is 5.91 Å². The van der Waals surface area contributed by atoms with Gasteiger partial charge in [-0.1, -0.05) is 24.3 Å². The topological polar surface area (TPSA) is 50.2 Å². The lowest BCUT2D eigenvalue weighted by Crippen LogP contribution is -2.47. The third-order valence-corrected chi connectivity index (χ3v) is 3.91. The number of piperazine rings is 1. The van der Waals surface area contributed by atoms with Gasteiger partial charge in [-0.25, -0.2) is 4.98 Å². The van der Waals surface area contributed by atoms with Crippen molar-refractivity contribution < 1.29 is 4.79 Å². The molecule has 1 saturated heterocycles. The number of carbonyl (C=O) groups excluding carboxylic acids is 1. The first-order valence-electron chi connectivity index (χ1n) is 7.30. The summed E-state index contributed by atoms with van der Waals surface area (Å²) in [6, 6.07) is 8.17. The van der Waals surface area contributed by atoms with Gasteiger partial charge >= 0.3 is 0 Å². The lowest BCUT2D eigenvalue weighted by atomic mass is 10.1. The fourth-order valence-electron chi connectivity index (χ4n) is 2.69. The van der Waals surface area contributed by atoms with Crippen LogP contribution in [0.25, 0.3) is 11.3 Å². The number of benzene rings is 1. The molecule has 0 unspecified atom stereocenters. The van der Waals surface area contributed by atoms with E-state index in [1.807, 2.05) is 27.8 Å². The number of hydrogen-bond acceptors (Lipinski definition) is 3. The van der Waals surface area contributed by atoms with Gasteiger partial charge in [0.05, 0.1) is 18.2 Å². The van der Waals surface area contributed by atoms with Crippen molar-refractivity contribution in [2.75, 3.05) is 26.2 Å². The standard InChI is InChI=1S/C16H20N4O/c1-13-4-2-3-5-14(13)15-10-18-12-20(15)11-16(21)19-8-6-17-7-9-19/h2-5,10,12,17H,6-9,11H2,1H3. The molecule has 110 valence electrons. The van der Waals surface area contributed by atoms with Gasteiger partial charge in [0.2, 0.25) is 5.91 Å². The average molecular weight is 284 g/mol. The van der Waals surface area contributed by atoms with Crippen LogP contribution < -0.4 is 5.32 Å². The second-order valence-corrected chi connectivity index (χ2v) is 5.35. The molecule has 1 aromatic heterocycles. The van der Waals surface area contributed by atoms with Crippen LogP contribution in [0, 0.1) is 6.92 Å². The summed E-state index contributed by atoms with van der Waals surface area (Å²) in [5.74, 6) is 0.157. The van der Waals surface area contributed by atoms with Crippen LogP contribution in [0.1, 0.15) is 5.56 Å². The highest BCUT2D eigenvalue weighted by molar-refractivity contribution is 5.77. The van der Waals surface area contributed by atoms with Crippen LogP contribution in [0.5, 0.6) is 0 Å². The number of rotatable bonds is 3. The Morgan fingerprint density at radius 2 is 2.05 bits per heavy atom. The van der Waals surface area contributed by atoms with Crippen LogP contribution in [0.15, 0.2) is 36.8 Å². The summed E-state index contributed by atoms with van der Waals surface area (Å²) in [5, 5.41) is 3.26. The van der Waals surface area contributed by atoms with Crippen molar-refractivity contribution in [3.8, 4) is 11.3 Å². The minimum Gasteiger partial charge on any atom is -0.339 e. The molecule has 1 aliphatic rings. The molecule has 1 aliphatic heterocycles. The molecule has 2 heterocycles. The molecule has 0 spiro atoms. The summed E-state index contributed by atoms with van der Waals surface area (Å²) in [5.41, 5.74) is 3.31. The van der Waals surface area contributed by atoms with Crippen LogP contribution >= 0.6 is 0 Å². The molecular formula is C16H20N4O. The number of aryl methyl sites for hydroxylation is 1. The van der Waals surface area contributed by atoms with E-state index in [9.17, 15) is 4.79 Å². The molecule has 1 amide bonds. The van der Waals surface area contributed by atoms with Crippen molar-refractivity contribution in [3.05, 3.63) is 42.4 Å². The summed E-state index contributed by atoms with van der Waals surface area (Å²) in [7, 11) is 0. The minimum absolute atomic E-state index is 0.157. The van der Waals surface area contributed by atoms with Crippen molar-refractivity contribution in [1.82, 2.24) is 19.8 Å². The number of aromatic nitrogens is 2. The van der Waals surface area contributed by atoms with Crippen molar-refractivity contribution in [1.29, 1.82) is 0 Å². The monoisotopic (exact) mass is 284 g/mol. The molecule has 0 aliphatic carbocycles. The number of nitrogens with one attached hydrogen (secondary N) is 1. The van der Waals surface area contributed by atoms with Gasteiger partial charge in [-0.2, -0.15) is 0 Å². The summed E-state index contributed by atoms with van der Waals surface area (Å²) in [6.07, 6.45) is 3.56. The Balaban J connectivity index is 1.80. The van der Waals surface area contributed by atoms with Crippen molar-refractivity contribution in [2.45, 2.75) is 13.5 Å². The van der Waals surface area contributed by atoms with Crippen LogP contribution in [0.4, 0.5) is 0 Å². The Kier molecular flexibility index (Phi) is 4.01. The molecule has 0 radical (unpaired) electrons. The van der Waals surface area contributed by atoms with E-state index < -0.39 is 0 Å². The van der Waals surface area contributed by atoms with E-state index >= 15 is 0 Å². The predicted molar refractivity (Wildman–Crippen MR) is 81.8 cm³/mol. The number of carbonyl (C=O) groups is 1. The smallest absolute Gasteiger partial charge is 0.242 e. The highest BCUT2D eigenvalue weighted by Crippen LogP contribution is 2.22. The minimum atomic E-state index is 0.157. The first-order valence-corrected chi connectivity index (χ1v) is 7.30. The highest BCUT2D eigenvalue weighted by atomic mass is 16.2. The molecule has 1 aromatic carbocycles. The van der Waals surface area contributed by atoms with E-state index in [1.165, 1.54) is 5.56 Å². The van der Waals surface area contributed by atoms with E-state index in [0.717, 1.165) is 37.4 Å². The molecule has 5 heteroatoms. The first-order chi connectivity index (χ1) is 10.3. The zero-order chi connectivity index (χ0) is 14.7. The van der Waals surface area contributed by atoms with E-state index in [1.54, 1.807) is 6.33 Å². The highest BCUT2D eigenvalue weighted by Gasteiger charge is 2.18. The maximum atomic E-state index is 12.4. The summed E-state index contributed by atoms with van der Waals surface area (Å²) < 4.78 is 1.94. The van der Waals surface area contributed by atoms with E-state index in [0.29, 0.717) is 6.54 Å². The van der Waals surface area contributed by atoms with Gasteiger partial charge in [0, 0.05) is 31.7 Å². The van der Waals surface area contributed by atoms with Gasteiger partial charge in [0.25, 0.3) is 0 Å². The van der Waals surface area contributed by atoms with Gasteiger partial charge < -0.3 is 14.8 Å². The van der Waals surface area contributed by atoms with Gasteiger partial charge in [0.1, 0.15) is 6.54 Å². The molecule has 0 bridgehead atoms. The summed E-state index contributed by atoms with van der Waals surface area (Å²) >= 11 is 0. The number of nitrogens with zero attached hydrogens (tertiary/aromatic N) is 3. The largest absolute Gasteiger partial charge is 0.339 e. The third kappa shape index (κ3) is 2.97. The Morgan fingerprint density at radius 3 is 2.81 bits per heavy atom. The van der Waals surface area contributed by atoms with Gasteiger partial charge in [-0.15, -0.1) is 0 Å². The maximum absolute atomic E-state index is 12.4. The number of imidazole rings is 1. The van der Waals surface area contributed by atoms with Crippen molar-refractivity contribution in [2.24, 2.45) is 0 Å². The molecular weight excluding hydrogens is 264 g/mol. The molecule has 0 saturated carbocycles. The van der Waals surface area contributed by atoms with Crippen LogP contribution in [0.2, 0.25) is 0 Å². The number of amides is 1. The van der Waals surface area contributed by atoms with E-state index in [4.69, 9.17) is 0 Å². The lowest BCUT2D eigenvalue weighted by molar-refractivity contribution is -0.132. The van der Waals surface area contributed by atoms with Gasteiger partial charge in [-0.05, 0) is 12.5 Å². The fourth-order valence-corrected chi connectivity index (χ4v) is 2.69. The molecule has 3 rings (SSSR count). The molecule has 21 heavy (non-hydrogen) atoms. The van der Waals surface area contributed by atoms with Crippen molar-refractivity contribution in [3.63, 3.8) is 0 Å². The molecule has 1 N–H and O–H groups in total. The van der Waals surface area contributed by atoms with Crippen LogP contribution in [-0.4, -0.2) is 46.5 Å². The lowest BCUT2D eigenvalue weighted by Gasteiger charge is -2.27. The zero-order valence-corrected chi connectivity index (χ0v) is 12.2. The van der Waals surface area contributed by atoms with Gasteiger partial charge in [-0.3, -0.25) is 4.79 Å². The molecule has 5 nitrogen and oxygen atoms in total. The quantitative estimate of drug-likeness (QED) is 0.924. The molecule has 0 atom stereocenters. The van der Waals surface area contributed by atoms with E-state index in [-0.39, 0.29) is 5.91 Å². The summed E-state index contributed by atoms with van der Waals surface area (Å²) in [6.45, 7) is 5.75. The zero-order valence-electron chi connectivity index (χ0n) is 12.2. The number of hydrogen-bond donors (Lipinski definition) is 1.